The molecule has 0 amide bonds. The summed E-state index contributed by atoms with van der Waals surface area (Å²) in [6.45, 7) is 4.00. The Balaban J connectivity index is 0.00000126. The molecule has 148 valence electrons. The van der Waals surface area contributed by atoms with Crippen LogP contribution in [-0.4, -0.2) is 22.7 Å². The van der Waals surface area contributed by atoms with E-state index in [1.165, 1.54) is 25.6 Å². The van der Waals surface area contributed by atoms with E-state index in [4.69, 9.17) is 16.3 Å². The Morgan fingerprint density at radius 1 is 1.33 bits per heavy atom. The van der Waals surface area contributed by atoms with Crippen molar-refractivity contribution in [3.63, 3.8) is 0 Å². The van der Waals surface area contributed by atoms with Gasteiger partial charge in [-0.1, -0.05) is 41.4 Å². The third-order valence-electron chi connectivity index (χ3n) is 3.93. The standard InChI is InChI=1S/C16H12BrClF4N2O.C2H6/c1-25-12-6-8(11(19)3-2-9(12)17)14-10(18)7-13(16(20,21)22)24-5-4-23-15(14)24;1-2/h4-7,11H,2-3H2,1H3;1-2H3. The normalized spacial score (nSPS) is 18.0. The molecule has 0 radical (unpaired) electrons. The molecule has 9 heteroatoms. The second kappa shape index (κ2) is 8.65. The van der Waals surface area contributed by atoms with Gasteiger partial charge in [-0.2, -0.15) is 13.2 Å². The molecule has 3 rings (SSSR count). The molecule has 0 bridgehead atoms. The van der Waals surface area contributed by atoms with Crippen LogP contribution in [0.4, 0.5) is 17.6 Å². The highest BCUT2D eigenvalue weighted by atomic mass is 79.9. The number of ether oxygens (including phenoxy) is 1. The number of halogens is 6. The molecule has 27 heavy (non-hydrogen) atoms. The third-order valence-corrected chi connectivity index (χ3v) is 5.02. The lowest BCUT2D eigenvalue weighted by Gasteiger charge is -2.17. The topological polar surface area (TPSA) is 26.5 Å². The SMILES string of the molecule is CC.COC1=C(Br)CCC(F)C(c2c(Cl)cc(C(F)(F)F)n3ccnc23)=C1. The van der Waals surface area contributed by atoms with Gasteiger partial charge in [0, 0.05) is 28.0 Å². The summed E-state index contributed by atoms with van der Waals surface area (Å²) in [6.07, 6.45) is -1.66. The first kappa shape index (κ1) is 21.8. The number of alkyl halides is 4. The quantitative estimate of drug-likeness (QED) is 0.452. The molecule has 1 atom stereocenters. The van der Waals surface area contributed by atoms with Crippen molar-refractivity contribution in [3.05, 3.63) is 51.1 Å². The van der Waals surface area contributed by atoms with Crippen molar-refractivity contribution in [2.75, 3.05) is 7.11 Å². The number of fused-ring (bicyclic) bond motifs is 1. The molecule has 0 N–H and O–H groups in total. The molecule has 0 fully saturated rings. The van der Waals surface area contributed by atoms with Gasteiger partial charge in [0.1, 0.15) is 23.3 Å². The van der Waals surface area contributed by atoms with Gasteiger partial charge >= 0.3 is 6.18 Å². The van der Waals surface area contributed by atoms with Crippen molar-refractivity contribution in [2.24, 2.45) is 0 Å². The van der Waals surface area contributed by atoms with Crippen LogP contribution in [0, 0.1) is 0 Å². The monoisotopic (exact) mass is 468 g/mol. The van der Waals surface area contributed by atoms with Crippen molar-refractivity contribution in [1.82, 2.24) is 9.38 Å². The van der Waals surface area contributed by atoms with Crippen LogP contribution in [-0.2, 0) is 10.9 Å². The minimum absolute atomic E-state index is 0.0535. The summed E-state index contributed by atoms with van der Waals surface area (Å²) in [5, 5.41) is -0.214. The van der Waals surface area contributed by atoms with Gasteiger partial charge in [-0.15, -0.1) is 0 Å². The van der Waals surface area contributed by atoms with Gasteiger partial charge in [-0.05, 0) is 25.0 Å². The molecule has 0 saturated heterocycles. The van der Waals surface area contributed by atoms with E-state index >= 15 is 0 Å². The summed E-state index contributed by atoms with van der Waals surface area (Å²) < 4.78 is 61.2. The van der Waals surface area contributed by atoms with E-state index in [-0.39, 0.29) is 28.2 Å². The Morgan fingerprint density at radius 2 is 2.00 bits per heavy atom. The van der Waals surface area contributed by atoms with E-state index < -0.39 is 18.0 Å². The highest BCUT2D eigenvalue weighted by Gasteiger charge is 2.36. The summed E-state index contributed by atoms with van der Waals surface area (Å²) in [4.78, 5) is 3.97. The lowest BCUT2D eigenvalue weighted by molar-refractivity contribution is -0.142. The van der Waals surface area contributed by atoms with E-state index in [0.29, 0.717) is 16.7 Å². The molecule has 0 aromatic carbocycles. The molecule has 1 unspecified atom stereocenters. The van der Waals surface area contributed by atoms with E-state index in [9.17, 15) is 17.6 Å². The molecule has 1 aliphatic rings. The van der Waals surface area contributed by atoms with Crippen LogP contribution in [0.1, 0.15) is 37.9 Å². The maximum absolute atomic E-state index is 14.7. The molecule has 3 nitrogen and oxygen atoms in total. The van der Waals surface area contributed by atoms with Crippen LogP contribution < -0.4 is 0 Å². The predicted molar refractivity (Wildman–Crippen MR) is 102 cm³/mol. The smallest absolute Gasteiger partial charge is 0.431 e. The minimum Gasteiger partial charge on any atom is -0.496 e. The maximum atomic E-state index is 14.7. The number of rotatable bonds is 2. The molecule has 2 heterocycles. The lowest BCUT2D eigenvalue weighted by atomic mass is 9.99. The highest BCUT2D eigenvalue weighted by Crippen LogP contribution is 2.41. The maximum Gasteiger partial charge on any atom is 0.431 e. The van der Waals surface area contributed by atoms with Gasteiger partial charge < -0.3 is 4.74 Å². The summed E-state index contributed by atoms with van der Waals surface area (Å²) in [5.41, 5.74) is -0.755. The van der Waals surface area contributed by atoms with Gasteiger partial charge in [-0.3, -0.25) is 4.40 Å². The van der Waals surface area contributed by atoms with E-state index in [0.717, 1.165) is 10.5 Å². The number of hydrogen-bond acceptors (Lipinski definition) is 2. The van der Waals surface area contributed by atoms with Crippen molar-refractivity contribution >= 4 is 38.8 Å². The zero-order chi connectivity index (χ0) is 20.4. The van der Waals surface area contributed by atoms with Crippen LogP contribution in [0.2, 0.25) is 5.02 Å². The number of aromatic nitrogens is 2. The summed E-state index contributed by atoms with van der Waals surface area (Å²) in [6, 6.07) is 0.787. The highest BCUT2D eigenvalue weighted by molar-refractivity contribution is 9.11. The molecular weight excluding hydrogens is 452 g/mol. The largest absolute Gasteiger partial charge is 0.496 e. The van der Waals surface area contributed by atoms with Crippen molar-refractivity contribution < 1.29 is 22.3 Å². The van der Waals surface area contributed by atoms with Crippen molar-refractivity contribution in [2.45, 2.75) is 39.0 Å². The molecular formula is C18H18BrClF4N2O. The van der Waals surface area contributed by atoms with Crippen LogP contribution in [0.5, 0.6) is 0 Å². The fourth-order valence-corrected chi connectivity index (χ4v) is 3.58. The van der Waals surface area contributed by atoms with Crippen LogP contribution in [0.25, 0.3) is 11.2 Å². The first-order chi connectivity index (χ1) is 12.7. The average molecular weight is 470 g/mol. The Kier molecular flexibility index (Phi) is 6.97. The first-order valence-electron chi connectivity index (χ1n) is 8.25. The summed E-state index contributed by atoms with van der Waals surface area (Å²) in [5.74, 6) is 0.399. The molecule has 0 spiro atoms. The predicted octanol–water partition coefficient (Wildman–Crippen LogP) is 6.80. The molecule has 1 aliphatic carbocycles. The van der Waals surface area contributed by atoms with E-state index in [1.807, 2.05) is 13.8 Å². The summed E-state index contributed by atoms with van der Waals surface area (Å²) >= 11 is 9.45. The third kappa shape index (κ3) is 4.32. The molecule has 0 aliphatic heterocycles. The number of hydrogen-bond donors (Lipinski definition) is 0. The lowest BCUT2D eigenvalue weighted by Crippen LogP contribution is -2.14. The van der Waals surface area contributed by atoms with Gasteiger partial charge in [0.25, 0.3) is 0 Å². The fourth-order valence-electron chi connectivity index (χ4n) is 2.78. The van der Waals surface area contributed by atoms with Gasteiger partial charge in [-0.25, -0.2) is 9.37 Å². The average Bonchev–Trinajstić information content (AvgIpc) is 3.05. The number of nitrogens with zero attached hydrogens (tertiary/aromatic N) is 2. The van der Waals surface area contributed by atoms with Crippen LogP contribution >= 0.6 is 27.5 Å². The number of imidazole rings is 1. The number of pyridine rings is 1. The summed E-state index contributed by atoms with van der Waals surface area (Å²) in [7, 11) is 1.43. The number of allylic oxidation sites excluding steroid dienone is 3. The van der Waals surface area contributed by atoms with Gasteiger partial charge in [0.15, 0.2) is 0 Å². The molecule has 2 aromatic heterocycles. The van der Waals surface area contributed by atoms with E-state index in [2.05, 4.69) is 20.9 Å². The zero-order valence-electron chi connectivity index (χ0n) is 14.9. The second-order valence-electron chi connectivity index (χ2n) is 5.45. The van der Waals surface area contributed by atoms with Crippen molar-refractivity contribution in [3.8, 4) is 0 Å². The van der Waals surface area contributed by atoms with Crippen molar-refractivity contribution in [1.29, 1.82) is 0 Å². The Labute approximate surface area is 167 Å². The zero-order valence-corrected chi connectivity index (χ0v) is 17.2. The molecule has 2 aromatic rings. The fraction of sp³-hybridized carbons (Fsp3) is 0.389. The van der Waals surface area contributed by atoms with Gasteiger partial charge in [0.2, 0.25) is 0 Å². The number of methoxy groups -OCH3 is 1. The first-order valence-corrected chi connectivity index (χ1v) is 9.42. The Morgan fingerprint density at radius 3 is 2.59 bits per heavy atom. The second-order valence-corrected chi connectivity index (χ2v) is 6.81. The Hall–Kier alpha value is -1.54. The molecule has 0 saturated carbocycles. The van der Waals surface area contributed by atoms with E-state index in [1.54, 1.807) is 0 Å². The minimum atomic E-state index is -4.62. The Bertz CT molecular complexity index is 889. The van der Waals surface area contributed by atoms with Crippen LogP contribution in [0.15, 0.2) is 34.8 Å². The van der Waals surface area contributed by atoms with Gasteiger partial charge in [0.05, 0.1) is 12.1 Å². The van der Waals surface area contributed by atoms with Crippen LogP contribution in [0.3, 0.4) is 0 Å².